The van der Waals surface area contributed by atoms with Gasteiger partial charge in [0.1, 0.15) is 11.5 Å². The number of hydrogen-bond acceptors (Lipinski definition) is 7. The fraction of sp³-hybridized carbons (Fsp3) is 0.360. The van der Waals surface area contributed by atoms with Crippen molar-refractivity contribution in [1.29, 1.82) is 5.41 Å². The van der Waals surface area contributed by atoms with E-state index in [9.17, 15) is 4.79 Å². The van der Waals surface area contributed by atoms with Crippen LogP contribution in [-0.4, -0.2) is 63.9 Å². The third-order valence-corrected chi connectivity index (χ3v) is 7.44. The molecule has 0 aliphatic carbocycles. The summed E-state index contributed by atoms with van der Waals surface area (Å²) in [5.41, 5.74) is 3.81. The Labute approximate surface area is 208 Å². The van der Waals surface area contributed by atoms with E-state index in [1.54, 1.807) is 20.3 Å². The third-order valence-electron chi connectivity index (χ3n) is 6.47. The molecule has 0 radical (unpaired) electrons. The molecule has 182 valence electrons. The molecule has 0 saturated carbocycles. The van der Waals surface area contributed by atoms with Crippen molar-refractivity contribution in [3.05, 3.63) is 46.8 Å². The van der Waals surface area contributed by atoms with Crippen LogP contribution < -0.4 is 9.47 Å². The van der Waals surface area contributed by atoms with Crippen molar-refractivity contribution in [3.8, 4) is 17.2 Å². The molecular weight excluding hydrogens is 464 g/mol. The molecule has 1 aromatic carbocycles. The molecule has 9 nitrogen and oxygen atoms in total. The number of aryl methyl sites for hydroxylation is 1. The predicted octanol–water partition coefficient (Wildman–Crippen LogP) is 4.17. The fourth-order valence-corrected chi connectivity index (χ4v) is 5.57. The summed E-state index contributed by atoms with van der Waals surface area (Å²) in [6.45, 7) is 5.86. The summed E-state index contributed by atoms with van der Waals surface area (Å²) >= 11 is 1.37. The number of piperidine rings is 1. The Morgan fingerprint density at radius 1 is 1.06 bits per heavy atom. The lowest BCUT2D eigenvalue weighted by Gasteiger charge is -2.26. The zero-order valence-electron chi connectivity index (χ0n) is 20.3. The molecule has 2 aromatic rings. The summed E-state index contributed by atoms with van der Waals surface area (Å²) in [7, 11) is 3.24. The zero-order valence-corrected chi connectivity index (χ0v) is 21.1. The van der Waals surface area contributed by atoms with E-state index >= 15 is 0 Å². The van der Waals surface area contributed by atoms with Gasteiger partial charge in [-0.3, -0.25) is 10.2 Å². The SMILES string of the molecule is COc1ccc(-n2c(C)cc(/C=C3\C(=N)N4N=C(N5CCCCC5)SC4=NC3=O)c2C)c(OC)c1. The first kappa shape index (κ1) is 23.2. The van der Waals surface area contributed by atoms with Crippen molar-refractivity contribution >= 4 is 39.9 Å². The second kappa shape index (κ2) is 9.26. The number of aliphatic imine (C=N–C) groups is 1. The van der Waals surface area contributed by atoms with Gasteiger partial charge in [-0.2, -0.15) is 10.0 Å². The van der Waals surface area contributed by atoms with Crippen LogP contribution in [0.2, 0.25) is 0 Å². The second-order valence-electron chi connectivity index (χ2n) is 8.65. The van der Waals surface area contributed by atoms with Crippen LogP contribution in [0.4, 0.5) is 0 Å². The molecule has 10 heteroatoms. The molecule has 4 heterocycles. The van der Waals surface area contributed by atoms with Crippen LogP contribution in [0.5, 0.6) is 11.5 Å². The highest BCUT2D eigenvalue weighted by Gasteiger charge is 2.37. The molecule has 1 N–H and O–H groups in total. The lowest BCUT2D eigenvalue weighted by Crippen LogP contribution is -2.35. The number of benzene rings is 1. The lowest BCUT2D eigenvalue weighted by molar-refractivity contribution is -0.114. The maximum atomic E-state index is 12.9. The van der Waals surface area contributed by atoms with Crippen molar-refractivity contribution in [2.45, 2.75) is 33.1 Å². The van der Waals surface area contributed by atoms with Gasteiger partial charge >= 0.3 is 0 Å². The average molecular weight is 493 g/mol. The number of nitrogens with zero attached hydrogens (tertiary/aromatic N) is 5. The molecule has 1 amide bonds. The first-order chi connectivity index (χ1) is 16.9. The normalized spacial score (nSPS) is 19.1. The van der Waals surface area contributed by atoms with E-state index in [2.05, 4.69) is 19.6 Å². The Bertz CT molecular complexity index is 1300. The van der Waals surface area contributed by atoms with Crippen LogP contribution in [0.15, 0.2) is 39.9 Å². The highest BCUT2D eigenvalue weighted by molar-refractivity contribution is 8.26. The highest BCUT2D eigenvalue weighted by atomic mass is 32.2. The van der Waals surface area contributed by atoms with Gasteiger partial charge in [0.2, 0.25) is 5.17 Å². The molecule has 0 atom stereocenters. The number of hydrazone groups is 1. The predicted molar refractivity (Wildman–Crippen MR) is 139 cm³/mol. The average Bonchev–Trinajstić information content (AvgIpc) is 3.42. The minimum atomic E-state index is -0.421. The summed E-state index contributed by atoms with van der Waals surface area (Å²) in [4.78, 5) is 19.4. The number of rotatable bonds is 4. The van der Waals surface area contributed by atoms with Crippen LogP contribution in [0.3, 0.4) is 0 Å². The van der Waals surface area contributed by atoms with E-state index in [4.69, 9.17) is 14.9 Å². The Kier molecular flexibility index (Phi) is 6.14. The standard InChI is InChI=1S/C25H28N6O3S/c1-15-12-17(16(2)30(15)20-9-8-18(33-3)14-21(20)34-4)13-19-22(26)31-24(27-23(19)32)35-25(28-31)29-10-6-5-7-11-29/h8-9,12-14,26H,5-7,10-11H2,1-4H3/b19-13+,26-22?. The van der Waals surface area contributed by atoms with Crippen molar-refractivity contribution in [2.24, 2.45) is 10.1 Å². The molecule has 3 aliphatic rings. The maximum absolute atomic E-state index is 12.9. The Morgan fingerprint density at radius 2 is 1.83 bits per heavy atom. The van der Waals surface area contributed by atoms with Gasteiger partial charge in [0.15, 0.2) is 11.0 Å². The fourth-order valence-electron chi connectivity index (χ4n) is 4.62. The minimum Gasteiger partial charge on any atom is -0.497 e. The number of carbonyl (C=O) groups excluding carboxylic acids is 1. The molecule has 0 spiro atoms. The summed E-state index contributed by atoms with van der Waals surface area (Å²) in [5, 5.41) is 16.1. The Morgan fingerprint density at radius 3 is 2.54 bits per heavy atom. The van der Waals surface area contributed by atoms with Gasteiger partial charge in [0.05, 0.1) is 25.5 Å². The molecule has 1 saturated heterocycles. The van der Waals surface area contributed by atoms with Gasteiger partial charge in [-0.15, -0.1) is 5.10 Å². The van der Waals surface area contributed by atoms with Crippen LogP contribution in [0.1, 0.15) is 36.2 Å². The first-order valence-corrected chi connectivity index (χ1v) is 12.4. The first-order valence-electron chi connectivity index (χ1n) is 11.6. The largest absolute Gasteiger partial charge is 0.497 e. The van der Waals surface area contributed by atoms with Crippen LogP contribution in [-0.2, 0) is 4.79 Å². The van der Waals surface area contributed by atoms with E-state index in [1.165, 1.54) is 23.2 Å². The number of fused-ring (bicyclic) bond motifs is 1. The van der Waals surface area contributed by atoms with Crippen molar-refractivity contribution in [2.75, 3.05) is 27.3 Å². The van der Waals surface area contributed by atoms with Crippen molar-refractivity contribution in [3.63, 3.8) is 0 Å². The van der Waals surface area contributed by atoms with Gasteiger partial charge < -0.3 is 18.9 Å². The number of amidine groups is 3. The number of methoxy groups -OCH3 is 2. The summed E-state index contributed by atoms with van der Waals surface area (Å²) in [6, 6.07) is 7.66. The van der Waals surface area contributed by atoms with E-state index in [1.807, 2.05) is 38.1 Å². The van der Waals surface area contributed by atoms with E-state index in [-0.39, 0.29) is 11.4 Å². The van der Waals surface area contributed by atoms with Crippen molar-refractivity contribution < 1.29 is 14.3 Å². The second-order valence-corrected chi connectivity index (χ2v) is 9.58. The number of aromatic nitrogens is 1. The molecule has 0 bridgehead atoms. The monoisotopic (exact) mass is 492 g/mol. The summed E-state index contributed by atoms with van der Waals surface area (Å²) < 4.78 is 13.0. The Hall–Kier alpha value is -3.53. The van der Waals surface area contributed by atoms with E-state index < -0.39 is 5.91 Å². The Balaban J connectivity index is 1.49. The number of nitrogens with one attached hydrogen (secondary N) is 1. The van der Waals surface area contributed by atoms with E-state index in [0.717, 1.165) is 53.7 Å². The molecule has 5 rings (SSSR count). The number of hydrogen-bond donors (Lipinski definition) is 1. The number of ether oxygens (including phenoxy) is 2. The van der Waals surface area contributed by atoms with Crippen molar-refractivity contribution in [1.82, 2.24) is 14.5 Å². The van der Waals surface area contributed by atoms with Gasteiger partial charge in [0, 0.05) is 30.5 Å². The third kappa shape index (κ3) is 4.12. The topological polar surface area (TPSA) is 95.5 Å². The van der Waals surface area contributed by atoms with Gasteiger partial charge in [0.25, 0.3) is 5.91 Å². The highest BCUT2D eigenvalue weighted by Crippen LogP contribution is 2.34. The molecule has 1 aromatic heterocycles. The van der Waals surface area contributed by atoms with Crippen LogP contribution >= 0.6 is 11.8 Å². The van der Waals surface area contributed by atoms with Gasteiger partial charge in [-0.1, -0.05) is 0 Å². The zero-order chi connectivity index (χ0) is 24.7. The molecular formula is C25H28N6O3S. The minimum absolute atomic E-state index is 0.0475. The number of thioether (sulfide) groups is 1. The summed E-state index contributed by atoms with van der Waals surface area (Å²) in [6.07, 6.45) is 5.21. The lowest BCUT2D eigenvalue weighted by atomic mass is 10.1. The smallest absolute Gasteiger partial charge is 0.283 e. The molecule has 0 unspecified atom stereocenters. The van der Waals surface area contributed by atoms with E-state index in [0.29, 0.717) is 16.7 Å². The summed E-state index contributed by atoms with van der Waals surface area (Å²) in [5.74, 6) is 1.01. The number of amides is 1. The molecule has 3 aliphatic heterocycles. The van der Waals surface area contributed by atoms with Crippen LogP contribution in [0.25, 0.3) is 11.8 Å². The van der Waals surface area contributed by atoms with Gasteiger partial charge in [-0.05, 0) is 74.7 Å². The maximum Gasteiger partial charge on any atom is 0.283 e. The quantitative estimate of drug-likeness (QED) is 0.644. The number of likely N-dealkylation sites (tertiary alicyclic amines) is 1. The van der Waals surface area contributed by atoms with Gasteiger partial charge in [-0.25, -0.2) is 0 Å². The number of carbonyl (C=O) groups is 1. The molecule has 1 fully saturated rings. The van der Waals surface area contributed by atoms with Crippen LogP contribution in [0, 0.1) is 19.3 Å². The molecule has 35 heavy (non-hydrogen) atoms.